The molecule has 0 N–H and O–H groups in total. The van der Waals surface area contributed by atoms with E-state index in [1.165, 1.54) is 28.7 Å². The van der Waals surface area contributed by atoms with Crippen molar-refractivity contribution in [2.45, 2.75) is 77.0 Å². The Bertz CT molecular complexity index is 895. The number of benzene rings is 2. The molecule has 0 aromatic heterocycles. The third-order valence-corrected chi connectivity index (χ3v) is 7.57. The number of hydrogen-bond donors (Lipinski definition) is 0. The summed E-state index contributed by atoms with van der Waals surface area (Å²) in [5.74, 6) is 1.18. The Kier molecular flexibility index (Phi) is 6.38. The van der Waals surface area contributed by atoms with E-state index < -0.39 is 0 Å². The van der Waals surface area contributed by atoms with Crippen molar-refractivity contribution in [1.82, 2.24) is 0 Å². The minimum atomic E-state index is -0.271. The van der Waals surface area contributed by atoms with Crippen LogP contribution in [-0.2, 0) is 11.2 Å². The molecule has 0 bridgehead atoms. The first-order valence-electron chi connectivity index (χ1n) is 11.8. The van der Waals surface area contributed by atoms with Crippen molar-refractivity contribution in [3.63, 3.8) is 0 Å². The Hall–Kier alpha value is -2.40. The molecule has 30 heavy (non-hydrogen) atoms. The number of Topliss-reactive ketones (excluding diaryl/α,β-unsaturated/α-hetero) is 1. The van der Waals surface area contributed by atoms with Crippen molar-refractivity contribution in [1.29, 1.82) is 5.26 Å². The Morgan fingerprint density at radius 1 is 0.967 bits per heavy atom. The highest BCUT2D eigenvalue weighted by Gasteiger charge is 2.43. The quantitative estimate of drug-likeness (QED) is 0.532. The van der Waals surface area contributed by atoms with Crippen LogP contribution in [0.4, 0.5) is 0 Å². The Balaban J connectivity index is 1.41. The highest BCUT2D eigenvalue weighted by Crippen LogP contribution is 2.50. The van der Waals surface area contributed by atoms with Crippen molar-refractivity contribution in [3.05, 3.63) is 59.7 Å². The molecule has 0 heterocycles. The maximum atomic E-state index is 12.0. The fraction of sp³-hybridized carbons (Fsp3) is 0.500. The summed E-state index contributed by atoms with van der Waals surface area (Å²) in [4.78, 5) is 12.0. The van der Waals surface area contributed by atoms with E-state index in [1.54, 1.807) is 0 Å². The summed E-state index contributed by atoms with van der Waals surface area (Å²) < 4.78 is 0. The van der Waals surface area contributed by atoms with Crippen molar-refractivity contribution in [2.75, 3.05) is 0 Å². The first kappa shape index (κ1) is 20.9. The molecular formula is C28H33NO. The molecule has 2 aromatic carbocycles. The van der Waals surface area contributed by atoms with Gasteiger partial charge in [0.2, 0.25) is 0 Å². The van der Waals surface area contributed by atoms with Gasteiger partial charge in [0.15, 0.2) is 0 Å². The minimum absolute atomic E-state index is 0.271. The molecule has 0 amide bonds. The molecule has 4 rings (SSSR count). The molecule has 0 unspecified atom stereocenters. The second-order valence-corrected chi connectivity index (χ2v) is 9.44. The molecule has 0 aliphatic heterocycles. The maximum Gasteiger partial charge on any atom is 0.133 e. The summed E-state index contributed by atoms with van der Waals surface area (Å²) >= 11 is 0. The van der Waals surface area contributed by atoms with Gasteiger partial charge >= 0.3 is 0 Å². The van der Waals surface area contributed by atoms with Crippen LogP contribution in [-0.4, -0.2) is 5.78 Å². The molecule has 1 atom stereocenters. The maximum absolute atomic E-state index is 12.0. The Morgan fingerprint density at radius 3 is 2.17 bits per heavy atom. The fourth-order valence-electron chi connectivity index (χ4n) is 5.67. The summed E-state index contributed by atoms with van der Waals surface area (Å²) in [5, 5.41) is 9.99. The normalized spacial score (nSPS) is 26.9. The van der Waals surface area contributed by atoms with E-state index >= 15 is 0 Å². The van der Waals surface area contributed by atoms with E-state index in [1.807, 2.05) is 0 Å². The number of carbonyl (C=O) groups is 1. The van der Waals surface area contributed by atoms with Crippen LogP contribution in [0.1, 0.15) is 81.8 Å². The molecule has 0 saturated heterocycles. The second-order valence-electron chi connectivity index (χ2n) is 9.44. The molecule has 0 spiro atoms. The number of nitriles is 1. The van der Waals surface area contributed by atoms with Crippen molar-refractivity contribution in [3.8, 4) is 17.2 Å². The number of rotatable bonds is 5. The van der Waals surface area contributed by atoms with Crippen LogP contribution in [0.5, 0.6) is 0 Å². The van der Waals surface area contributed by atoms with E-state index in [2.05, 4.69) is 61.5 Å². The van der Waals surface area contributed by atoms with Gasteiger partial charge in [-0.05, 0) is 79.0 Å². The molecule has 2 aliphatic carbocycles. The average Bonchev–Trinajstić information content (AvgIpc) is 2.80. The zero-order chi connectivity index (χ0) is 21.0. The van der Waals surface area contributed by atoms with Crippen LogP contribution in [0, 0.1) is 22.7 Å². The van der Waals surface area contributed by atoms with E-state index in [-0.39, 0.29) is 11.3 Å². The van der Waals surface area contributed by atoms with Gasteiger partial charge in [-0.3, -0.25) is 4.79 Å². The van der Waals surface area contributed by atoms with Crippen LogP contribution in [0.3, 0.4) is 0 Å². The Labute approximate surface area is 181 Å². The predicted molar refractivity (Wildman–Crippen MR) is 122 cm³/mol. The molecule has 2 saturated carbocycles. The van der Waals surface area contributed by atoms with Gasteiger partial charge in [-0.25, -0.2) is 0 Å². The lowest BCUT2D eigenvalue weighted by molar-refractivity contribution is -0.123. The van der Waals surface area contributed by atoms with E-state index in [4.69, 9.17) is 0 Å². The third-order valence-electron chi connectivity index (χ3n) is 7.57. The van der Waals surface area contributed by atoms with Gasteiger partial charge in [-0.15, -0.1) is 0 Å². The van der Waals surface area contributed by atoms with Crippen LogP contribution in [0.2, 0.25) is 0 Å². The fourth-order valence-corrected chi connectivity index (χ4v) is 5.67. The number of carbonyl (C=O) groups excluding carboxylic acids is 1. The summed E-state index contributed by atoms with van der Waals surface area (Å²) in [6.45, 7) is 2.22. The number of hydrogen-bond acceptors (Lipinski definition) is 2. The molecule has 2 heteroatoms. The molecule has 156 valence electrons. The van der Waals surface area contributed by atoms with Gasteiger partial charge in [-0.1, -0.05) is 61.9 Å². The summed E-state index contributed by atoms with van der Waals surface area (Å²) in [7, 11) is 0. The minimum Gasteiger partial charge on any atom is -0.300 e. The highest BCUT2D eigenvalue weighted by molar-refractivity contribution is 5.79. The van der Waals surface area contributed by atoms with Crippen molar-refractivity contribution < 1.29 is 4.79 Å². The monoisotopic (exact) mass is 399 g/mol. The standard InChI is InChI=1S/C28H33NO/c1-2-4-21-7-9-22(10-8-21)23-11-13-24(14-12-23)25-15-17-28(20-29,18-16-25)26-5-3-6-27(30)19-26/h7-14,25-26H,2-6,15-19H2,1H3/t25?,26-,28?/m1/s1. The highest BCUT2D eigenvalue weighted by atomic mass is 16.1. The van der Waals surface area contributed by atoms with Gasteiger partial charge in [-0.2, -0.15) is 5.26 Å². The first-order chi connectivity index (χ1) is 14.6. The zero-order valence-electron chi connectivity index (χ0n) is 18.2. The van der Waals surface area contributed by atoms with Gasteiger partial charge in [0, 0.05) is 12.8 Å². The number of nitrogens with zero attached hydrogens (tertiary/aromatic N) is 1. The lowest BCUT2D eigenvalue weighted by atomic mass is 9.60. The van der Waals surface area contributed by atoms with Crippen molar-refractivity contribution >= 4 is 5.78 Å². The number of ketones is 1. The van der Waals surface area contributed by atoms with E-state index in [9.17, 15) is 10.1 Å². The lowest BCUT2D eigenvalue weighted by Crippen LogP contribution is -2.36. The van der Waals surface area contributed by atoms with Gasteiger partial charge in [0.25, 0.3) is 0 Å². The Morgan fingerprint density at radius 2 is 1.60 bits per heavy atom. The van der Waals surface area contributed by atoms with E-state index in [0.717, 1.165) is 44.9 Å². The van der Waals surface area contributed by atoms with Gasteiger partial charge in [0.05, 0.1) is 11.5 Å². The van der Waals surface area contributed by atoms with Crippen LogP contribution in [0.25, 0.3) is 11.1 Å². The summed E-state index contributed by atoms with van der Waals surface area (Å²) in [6.07, 6.45) is 9.68. The smallest absolute Gasteiger partial charge is 0.133 e. The van der Waals surface area contributed by atoms with Gasteiger partial charge in [0.1, 0.15) is 5.78 Å². The SMILES string of the molecule is CCCc1ccc(-c2ccc(C3CCC(C#N)([C@@H]4CCCC(=O)C4)CC3)cc2)cc1. The molecule has 0 radical (unpaired) electrons. The summed E-state index contributed by atoms with van der Waals surface area (Å²) in [5.41, 5.74) is 5.07. The van der Waals surface area contributed by atoms with Crippen LogP contribution < -0.4 is 0 Å². The topological polar surface area (TPSA) is 40.9 Å². The first-order valence-corrected chi connectivity index (χ1v) is 11.8. The van der Waals surface area contributed by atoms with Crippen LogP contribution in [0.15, 0.2) is 48.5 Å². The largest absolute Gasteiger partial charge is 0.300 e. The second kappa shape index (κ2) is 9.17. The zero-order valence-corrected chi connectivity index (χ0v) is 18.2. The molecule has 2 fully saturated rings. The predicted octanol–water partition coefficient (Wildman–Crippen LogP) is 7.23. The van der Waals surface area contributed by atoms with Gasteiger partial charge < -0.3 is 0 Å². The lowest BCUT2D eigenvalue weighted by Gasteiger charge is -2.42. The molecular weight excluding hydrogens is 366 g/mol. The average molecular weight is 400 g/mol. The third kappa shape index (κ3) is 4.36. The molecule has 2 aliphatic rings. The van der Waals surface area contributed by atoms with Crippen LogP contribution >= 0.6 is 0 Å². The molecule has 2 aromatic rings. The number of aryl methyl sites for hydroxylation is 1. The van der Waals surface area contributed by atoms with Crippen molar-refractivity contribution in [2.24, 2.45) is 11.3 Å². The summed E-state index contributed by atoms with van der Waals surface area (Å²) in [6, 6.07) is 20.7. The molecule has 2 nitrogen and oxygen atoms in total. The van der Waals surface area contributed by atoms with E-state index in [0.29, 0.717) is 24.5 Å².